The molecule has 1 heterocycles. The van der Waals surface area contributed by atoms with Crippen molar-refractivity contribution in [2.24, 2.45) is 0 Å². The van der Waals surface area contributed by atoms with Crippen molar-refractivity contribution in [3.05, 3.63) is 69.8 Å². The molecule has 0 amide bonds. The number of aryl methyl sites for hydroxylation is 2. The summed E-state index contributed by atoms with van der Waals surface area (Å²) in [5.74, 6) is 0. The van der Waals surface area contributed by atoms with Gasteiger partial charge in [0, 0.05) is 0 Å². The first-order valence-corrected chi connectivity index (χ1v) is 7.47. The fourth-order valence-electron chi connectivity index (χ4n) is 2.70. The first-order valence-electron chi connectivity index (χ1n) is 6.55. The highest BCUT2D eigenvalue weighted by Crippen LogP contribution is 2.34. The Bertz CT molecular complexity index is 598. The minimum Gasteiger partial charge on any atom is -0.372 e. The summed E-state index contributed by atoms with van der Waals surface area (Å²) >= 11 is 3.83. The minimum absolute atomic E-state index is 0.247. The molecule has 1 aliphatic rings. The molecular formula is C17H17BrO. The number of hydrogen-bond acceptors (Lipinski definition) is 1. The van der Waals surface area contributed by atoms with Gasteiger partial charge in [0.05, 0.1) is 18.0 Å². The Labute approximate surface area is 122 Å². The van der Waals surface area contributed by atoms with Gasteiger partial charge in [0.2, 0.25) is 0 Å². The maximum absolute atomic E-state index is 5.48. The van der Waals surface area contributed by atoms with E-state index >= 15 is 0 Å². The largest absolute Gasteiger partial charge is 0.372 e. The molecule has 98 valence electrons. The minimum atomic E-state index is 0.247. The van der Waals surface area contributed by atoms with E-state index in [4.69, 9.17) is 4.74 Å². The van der Waals surface area contributed by atoms with E-state index in [1.807, 2.05) is 0 Å². The van der Waals surface area contributed by atoms with Crippen molar-refractivity contribution in [1.82, 2.24) is 0 Å². The maximum atomic E-state index is 5.48. The molecule has 1 nitrogen and oxygen atoms in total. The number of rotatable bonds is 2. The van der Waals surface area contributed by atoms with Crippen LogP contribution in [-0.2, 0) is 18.0 Å². The molecule has 0 saturated carbocycles. The van der Waals surface area contributed by atoms with E-state index in [-0.39, 0.29) is 4.83 Å². The second kappa shape index (κ2) is 5.10. The van der Waals surface area contributed by atoms with Crippen molar-refractivity contribution in [2.75, 3.05) is 0 Å². The third kappa shape index (κ3) is 2.60. The molecule has 19 heavy (non-hydrogen) atoms. The van der Waals surface area contributed by atoms with Gasteiger partial charge in [-0.05, 0) is 36.1 Å². The summed E-state index contributed by atoms with van der Waals surface area (Å²) in [5.41, 5.74) is 7.88. The molecule has 2 heteroatoms. The summed E-state index contributed by atoms with van der Waals surface area (Å²) in [5, 5.41) is 0. The van der Waals surface area contributed by atoms with Crippen LogP contribution in [0.25, 0.3) is 0 Å². The molecule has 1 unspecified atom stereocenters. The van der Waals surface area contributed by atoms with Crippen LogP contribution < -0.4 is 0 Å². The van der Waals surface area contributed by atoms with Crippen LogP contribution in [0.3, 0.4) is 0 Å². The van der Waals surface area contributed by atoms with Crippen LogP contribution in [0.4, 0.5) is 0 Å². The highest BCUT2D eigenvalue weighted by atomic mass is 79.9. The number of benzene rings is 2. The lowest BCUT2D eigenvalue weighted by Gasteiger charge is -2.14. The highest BCUT2D eigenvalue weighted by molar-refractivity contribution is 9.09. The smallest absolute Gasteiger partial charge is 0.0725 e. The summed E-state index contributed by atoms with van der Waals surface area (Å²) in [6.45, 7) is 5.79. The quantitative estimate of drug-likeness (QED) is 0.722. The SMILES string of the molecule is Cc1cc(C)cc(C(Br)c2ccc3c(c2)COC3)c1. The van der Waals surface area contributed by atoms with Gasteiger partial charge >= 0.3 is 0 Å². The Kier molecular flexibility index (Phi) is 3.46. The fraction of sp³-hybridized carbons (Fsp3) is 0.294. The Morgan fingerprint density at radius 3 is 2.32 bits per heavy atom. The third-order valence-corrected chi connectivity index (χ3v) is 4.63. The highest BCUT2D eigenvalue weighted by Gasteiger charge is 2.16. The number of ether oxygens (including phenoxy) is 1. The predicted octanol–water partition coefficient (Wildman–Crippen LogP) is 4.82. The number of halogens is 1. The van der Waals surface area contributed by atoms with Gasteiger partial charge in [-0.25, -0.2) is 0 Å². The number of fused-ring (bicyclic) bond motifs is 1. The molecule has 0 bridgehead atoms. The Hall–Kier alpha value is -1.12. The molecule has 0 N–H and O–H groups in total. The van der Waals surface area contributed by atoms with Crippen LogP contribution in [0, 0.1) is 13.8 Å². The molecular weight excluding hydrogens is 300 g/mol. The molecule has 1 atom stereocenters. The van der Waals surface area contributed by atoms with Gasteiger partial charge in [-0.1, -0.05) is 63.5 Å². The summed E-state index contributed by atoms with van der Waals surface area (Å²) in [4.78, 5) is 0.247. The lowest BCUT2D eigenvalue weighted by molar-refractivity contribution is 0.134. The molecule has 0 spiro atoms. The molecule has 0 radical (unpaired) electrons. The van der Waals surface area contributed by atoms with E-state index in [0.717, 1.165) is 13.2 Å². The zero-order valence-electron chi connectivity index (χ0n) is 11.2. The normalized spacial score (nSPS) is 15.3. The summed E-state index contributed by atoms with van der Waals surface area (Å²) in [6, 6.07) is 13.4. The van der Waals surface area contributed by atoms with E-state index in [0.29, 0.717) is 0 Å². The molecule has 2 aromatic carbocycles. The van der Waals surface area contributed by atoms with E-state index in [1.165, 1.54) is 33.4 Å². The number of alkyl halides is 1. The summed E-state index contributed by atoms with van der Waals surface area (Å²) < 4.78 is 5.48. The fourth-order valence-corrected chi connectivity index (χ4v) is 3.25. The predicted molar refractivity (Wildman–Crippen MR) is 81.6 cm³/mol. The van der Waals surface area contributed by atoms with Crippen LogP contribution in [0.5, 0.6) is 0 Å². The second-order valence-electron chi connectivity index (χ2n) is 5.30. The van der Waals surface area contributed by atoms with E-state index in [1.54, 1.807) is 0 Å². The Balaban J connectivity index is 1.97. The Morgan fingerprint density at radius 1 is 0.895 bits per heavy atom. The topological polar surface area (TPSA) is 9.23 Å². The van der Waals surface area contributed by atoms with Gasteiger partial charge in [0.15, 0.2) is 0 Å². The van der Waals surface area contributed by atoms with Crippen molar-refractivity contribution in [3.63, 3.8) is 0 Å². The molecule has 0 aliphatic carbocycles. The molecule has 0 fully saturated rings. The second-order valence-corrected chi connectivity index (χ2v) is 6.22. The van der Waals surface area contributed by atoms with Crippen molar-refractivity contribution < 1.29 is 4.74 Å². The van der Waals surface area contributed by atoms with Crippen LogP contribution in [0.2, 0.25) is 0 Å². The van der Waals surface area contributed by atoms with Crippen molar-refractivity contribution in [3.8, 4) is 0 Å². The zero-order valence-corrected chi connectivity index (χ0v) is 12.8. The third-order valence-electron chi connectivity index (χ3n) is 3.57. The molecule has 0 aromatic heterocycles. The van der Waals surface area contributed by atoms with Crippen LogP contribution in [0.15, 0.2) is 36.4 Å². The van der Waals surface area contributed by atoms with E-state index < -0.39 is 0 Å². The van der Waals surface area contributed by atoms with Crippen molar-refractivity contribution in [2.45, 2.75) is 31.9 Å². The first-order chi connectivity index (χ1) is 9.13. The average molecular weight is 317 g/mol. The van der Waals surface area contributed by atoms with Gasteiger partial charge in [0.1, 0.15) is 0 Å². The van der Waals surface area contributed by atoms with E-state index in [2.05, 4.69) is 66.2 Å². The van der Waals surface area contributed by atoms with Gasteiger partial charge in [-0.2, -0.15) is 0 Å². The molecule has 0 saturated heterocycles. The molecule has 3 rings (SSSR count). The van der Waals surface area contributed by atoms with Crippen molar-refractivity contribution in [1.29, 1.82) is 0 Å². The number of hydrogen-bond donors (Lipinski definition) is 0. The summed E-state index contributed by atoms with van der Waals surface area (Å²) in [6.07, 6.45) is 0. The molecule has 1 aliphatic heterocycles. The van der Waals surface area contributed by atoms with Gasteiger partial charge in [0.25, 0.3) is 0 Å². The molecule has 2 aromatic rings. The van der Waals surface area contributed by atoms with Gasteiger partial charge in [-0.3, -0.25) is 0 Å². The lowest BCUT2D eigenvalue weighted by atomic mass is 9.98. The standard InChI is InChI=1S/C17H17BrO/c1-11-5-12(2)7-15(6-11)17(18)13-3-4-14-9-19-10-16(14)8-13/h3-8,17H,9-10H2,1-2H3. The van der Waals surface area contributed by atoms with Gasteiger partial charge < -0.3 is 4.74 Å². The first kappa shape index (κ1) is 12.9. The monoisotopic (exact) mass is 316 g/mol. The van der Waals surface area contributed by atoms with Crippen LogP contribution >= 0.6 is 15.9 Å². The zero-order chi connectivity index (χ0) is 13.4. The van der Waals surface area contributed by atoms with Crippen LogP contribution in [0.1, 0.15) is 38.2 Å². The van der Waals surface area contributed by atoms with Crippen LogP contribution in [-0.4, -0.2) is 0 Å². The average Bonchev–Trinajstić information content (AvgIpc) is 2.83. The summed E-state index contributed by atoms with van der Waals surface area (Å²) in [7, 11) is 0. The van der Waals surface area contributed by atoms with E-state index in [9.17, 15) is 0 Å². The van der Waals surface area contributed by atoms with Crippen molar-refractivity contribution >= 4 is 15.9 Å². The maximum Gasteiger partial charge on any atom is 0.0725 e. The van der Waals surface area contributed by atoms with Gasteiger partial charge in [-0.15, -0.1) is 0 Å². The lowest BCUT2D eigenvalue weighted by Crippen LogP contribution is -1.96. The Morgan fingerprint density at radius 2 is 1.58 bits per heavy atom.